The molecule has 272 valence electrons. The van der Waals surface area contributed by atoms with E-state index in [9.17, 15) is 0 Å². The SMILES string of the molecule is c1ccc(-c2cccc(N(c3ccc(-c4ccc(-c5cccc6ccccc56)cc4)cc3)c3ccccc3-c3cccc4oc5cc6ccccc6cc5c34)c2)cc1. The Hall–Kier alpha value is -7.68. The number of rotatable bonds is 7. The van der Waals surface area contributed by atoms with Crippen molar-refractivity contribution in [2.45, 2.75) is 0 Å². The summed E-state index contributed by atoms with van der Waals surface area (Å²) in [5, 5.41) is 7.13. The molecule has 0 atom stereocenters. The van der Waals surface area contributed by atoms with Crippen LogP contribution >= 0.6 is 0 Å². The second kappa shape index (κ2) is 14.1. The topological polar surface area (TPSA) is 16.4 Å². The van der Waals surface area contributed by atoms with E-state index in [1.165, 1.54) is 54.9 Å². The minimum Gasteiger partial charge on any atom is -0.456 e. The van der Waals surface area contributed by atoms with Crippen LogP contribution < -0.4 is 4.90 Å². The molecule has 0 bridgehead atoms. The summed E-state index contributed by atoms with van der Waals surface area (Å²) in [6.45, 7) is 0. The normalized spacial score (nSPS) is 11.4. The van der Waals surface area contributed by atoms with Gasteiger partial charge in [0.1, 0.15) is 11.2 Å². The average molecular weight is 740 g/mol. The maximum atomic E-state index is 6.55. The van der Waals surface area contributed by atoms with Crippen LogP contribution in [0.5, 0.6) is 0 Å². The molecule has 0 amide bonds. The molecule has 0 aliphatic heterocycles. The third kappa shape index (κ3) is 5.91. The lowest BCUT2D eigenvalue weighted by atomic mass is 9.95. The van der Waals surface area contributed by atoms with Gasteiger partial charge in [0.05, 0.1) is 5.69 Å². The molecule has 2 heteroatoms. The first-order valence-corrected chi connectivity index (χ1v) is 19.8. The predicted molar refractivity (Wildman–Crippen MR) is 245 cm³/mol. The molecule has 0 spiro atoms. The molecule has 0 aliphatic rings. The molecule has 0 unspecified atom stereocenters. The number of furan rings is 1. The molecule has 11 rings (SSSR count). The van der Waals surface area contributed by atoms with E-state index in [4.69, 9.17) is 4.42 Å². The molecule has 58 heavy (non-hydrogen) atoms. The van der Waals surface area contributed by atoms with Crippen LogP contribution in [-0.2, 0) is 0 Å². The van der Waals surface area contributed by atoms with Gasteiger partial charge in [0.15, 0.2) is 0 Å². The molecular weight excluding hydrogens is 703 g/mol. The maximum Gasteiger partial charge on any atom is 0.136 e. The van der Waals surface area contributed by atoms with E-state index >= 15 is 0 Å². The molecule has 0 saturated carbocycles. The molecule has 10 aromatic carbocycles. The molecular formula is C56H37NO. The minimum atomic E-state index is 0.881. The van der Waals surface area contributed by atoms with Crippen LogP contribution in [-0.4, -0.2) is 0 Å². The zero-order valence-corrected chi connectivity index (χ0v) is 31.7. The summed E-state index contributed by atoms with van der Waals surface area (Å²) in [4.78, 5) is 2.39. The number of anilines is 3. The fourth-order valence-corrected chi connectivity index (χ4v) is 8.64. The first kappa shape index (κ1) is 33.6. The number of para-hydroxylation sites is 1. The highest BCUT2D eigenvalue weighted by molar-refractivity contribution is 6.16. The van der Waals surface area contributed by atoms with Crippen LogP contribution in [0.25, 0.3) is 88.0 Å². The molecule has 0 radical (unpaired) electrons. The van der Waals surface area contributed by atoms with Crippen LogP contribution in [0.3, 0.4) is 0 Å². The van der Waals surface area contributed by atoms with Gasteiger partial charge in [-0.1, -0.05) is 176 Å². The van der Waals surface area contributed by atoms with E-state index in [2.05, 4.69) is 229 Å². The van der Waals surface area contributed by atoms with Gasteiger partial charge in [-0.3, -0.25) is 0 Å². The minimum absolute atomic E-state index is 0.881. The van der Waals surface area contributed by atoms with Gasteiger partial charge in [0.2, 0.25) is 0 Å². The summed E-state index contributed by atoms with van der Waals surface area (Å²) >= 11 is 0. The van der Waals surface area contributed by atoms with Crippen LogP contribution in [0.1, 0.15) is 0 Å². The lowest BCUT2D eigenvalue weighted by molar-refractivity contribution is 0.669. The van der Waals surface area contributed by atoms with Crippen molar-refractivity contribution in [3.8, 4) is 44.5 Å². The van der Waals surface area contributed by atoms with Crippen molar-refractivity contribution >= 4 is 60.5 Å². The van der Waals surface area contributed by atoms with Gasteiger partial charge >= 0.3 is 0 Å². The maximum absolute atomic E-state index is 6.55. The summed E-state index contributed by atoms with van der Waals surface area (Å²) in [5.74, 6) is 0. The lowest BCUT2D eigenvalue weighted by Crippen LogP contribution is -2.11. The highest BCUT2D eigenvalue weighted by Crippen LogP contribution is 2.46. The number of nitrogens with zero attached hydrogens (tertiary/aromatic N) is 1. The summed E-state index contributed by atoms with van der Waals surface area (Å²) in [5.41, 5.74) is 14.4. The van der Waals surface area contributed by atoms with Crippen molar-refractivity contribution in [3.05, 3.63) is 224 Å². The zero-order valence-electron chi connectivity index (χ0n) is 31.7. The van der Waals surface area contributed by atoms with Crippen molar-refractivity contribution < 1.29 is 4.42 Å². The smallest absolute Gasteiger partial charge is 0.136 e. The first-order chi connectivity index (χ1) is 28.7. The van der Waals surface area contributed by atoms with E-state index < -0.39 is 0 Å². The first-order valence-electron chi connectivity index (χ1n) is 19.8. The molecule has 0 aliphatic carbocycles. The number of hydrogen-bond acceptors (Lipinski definition) is 2. The number of fused-ring (bicyclic) bond motifs is 5. The van der Waals surface area contributed by atoms with Gasteiger partial charge in [-0.25, -0.2) is 0 Å². The van der Waals surface area contributed by atoms with Crippen LogP contribution in [0.15, 0.2) is 229 Å². The quantitative estimate of drug-likeness (QED) is 0.162. The Labute approximate surface area is 337 Å². The Balaban J connectivity index is 1.04. The molecule has 1 aromatic heterocycles. The molecule has 0 fully saturated rings. The largest absolute Gasteiger partial charge is 0.456 e. The summed E-state index contributed by atoms with van der Waals surface area (Å²) in [7, 11) is 0. The Kier molecular flexibility index (Phi) is 8.19. The van der Waals surface area contributed by atoms with Gasteiger partial charge in [0.25, 0.3) is 0 Å². The number of benzene rings is 10. The van der Waals surface area contributed by atoms with Crippen molar-refractivity contribution in [3.63, 3.8) is 0 Å². The molecule has 11 aromatic rings. The number of hydrogen-bond donors (Lipinski definition) is 0. The zero-order chi connectivity index (χ0) is 38.4. The van der Waals surface area contributed by atoms with E-state index in [-0.39, 0.29) is 0 Å². The summed E-state index contributed by atoms with van der Waals surface area (Å²) in [6, 6.07) is 80.7. The second-order valence-corrected chi connectivity index (χ2v) is 14.9. The van der Waals surface area contributed by atoms with Crippen LogP contribution in [0, 0.1) is 0 Å². The molecule has 0 saturated heterocycles. The Morgan fingerprint density at radius 2 is 0.862 bits per heavy atom. The Morgan fingerprint density at radius 1 is 0.293 bits per heavy atom. The van der Waals surface area contributed by atoms with Crippen molar-refractivity contribution in [1.29, 1.82) is 0 Å². The second-order valence-electron chi connectivity index (χ2n) is 14.9. The van der Waals surface area contributed by atoms with Crippen LogP contribution in [0.2, 0.25) is 0 Å². The Morgan fingerprint density at radius 3 is 1.69 bits per heavy atom. The highest BCUT2D eigenvalue weighted by atomic mass is 16.3. The highest BCUT2D eigenvalue weighted by Gasteiger charge is 2.21. The predicted octanol–water partition coefficient (Wildman–Crippen LogP) is 16.0. The van der Waals surface area contributed by atoms with Crippen LogP contribution in [0.4, 0.5) is 17.1 Å². The van der Waals surface area contributed by atoms with Crippen molar-refractivity contribution in [2.24, 2.45) is 0 Å². The third-order valence-electron chi connectivity index (χ3n) is 11.5. The van der Waals surface area contributed by atoms with E-state index in [1.54, 1.807) is 0 Å². The fraction of sp³-hybridized carbons (Fsp3) is 0. The standard InChI is InChI=1S/C56H37NO/c1-2-13-38(14-3-1)43-19-10-20-47(35-43)57(46-33-31-40(32-34-46)39-27-29-42(30-28-39)49-23-11-18-41-15-6-7-21-48(41)49)53-25-9-8-22-50(53)51-24-12-26-54-56(51)52-36-44-16-4-5-17-45(44)37-55(52)58-54/h1-37H. The van der Waals surface area contributed by atoms with Gasteiger partial charge in [-0.15, -0.1) is 0 Å². The molecule has 0 N–H and O–H groups in total. The van der Waals surface area contributed by atoms with E-state index in [0.29, 0.717) is 0 Å². The summed E-state index contributed by atoms with van der Waals surface area (Å²) < 4.78 is 6.55. The fourth-order valence-electron chi connectivity index (χ4n) is 8.64. The molecule has 2 nitrogen and oxygen atoms in total. The molecule has 1 heterocycles. The monoisotopic (exact) mass is 739 g/mol. The summed E-state index contributed by atoms with van der Waals surface area (Å²) in [6.07, 6.45) is 0. The van der Waals surface area contributed by atoms with Crippen molar-refractivity contribution in [2.75, 3.05) is 4.90 Å². The average Bonchev–Trinajstić information content (AvgIpc) is 3.66. The lowest BCUT2D eigenvalue weighted by Gasteiger charge is -2.28. The third-order valence-corrected chi connectivity index (χ3v) is 11.5. The van der Waals surface area contributed by atoms with Gasteiger partial charge in [-0.05, 0) is 109 Å². The van der Waals surface area contributed by atoms with E-state index in [1.807, 2.05) is 0 Å². The van der Waals surface area contributed by atoms with E-state index in [0.717, 1.165) is 50.1 Å². The van der Waals surface area contributed by atoms with Gasteiger partial charge in [0, 0.05) is 27.7 Å². The van der Waals surface area contributed by atoms with Crippen molar-refractivity contribution in [1.82, 2.24) is 0 Å². The Bertz CT molecular complexity index is 3260. The van der Waals surface area contributed by atoms with Gasteiger partial charge in [-0.2, -0.15) is 0 Å². The van der Waals surface area contributed by atoms with Gasteiger partial charge < -0.3 is 9.32 Å².